The molecule has 0 saturated carbocycles. The zero-order chi connectivity index (χ0) is 23.4. The van der Waals surface area contributed by atoms with E-state index in [4.69, 9.17) is 9.47 Å². The molecule has 0 fully saturated rings. The molecule has 0 aliphatic heterocycles. The quantitative estimate of drug-likeness (QED) is 0.373. The molecule has 0 N–H and O–H groups in total. The van der Waals surface area contributed by atoms with E-state index in [0.29, 0.717) is 42.0 Å². The van der Waals surface area contributed by atoms with Crippen molar-refractivity contribution >= 4 is 27.7 Å². The third-order valence-electron chi connectivity index (χ3n) is 5.81. The highest BCUT2D eigenvalue weighted by Gasteiger charge is 2.18. The van der Waals surface area contributed by atoms with E-state index in [-0.39, 0.29) is 17.9 Å². The van der Waals surface area contributed by atoms with Gasteiger partial charge in [0.2, 0.25) is 5.91 Å². The van der Waals surface area contributed by atoms with E-state index in [1.165, 1.54) is 0 Å². The van der Waals surface area contributed by atoms with Gasteiger partial charge in [0.1, 0.15) is 6.54 Å². The van der Waals surface area contributed by atoms with Gasteiger partial charge in [-0.1, -0.05) is 30.3 Å². The Morgan fingerprint density at radius 1 is 0.909 bits per heavy atom. The predicted octanol–water partition coefficient (Wildman–Crippen LogP) is 4.61. The van der Waals surface area contributed by atoms with Crippen LogP contribution in [0.2, 0.25) is 0 Å². The van der Waals surface area contributed by atoms with E-state index in [9.17, 15) is 9.59 Å². The molecular weight excluding hydrogens is 416 g/mol. The van der Waals surface area contributed by atoms with E-state index < -0.39 is 0 Å². The first-order valence-corrected chi connectivity index (χ1v) is 11.1. The highest BCUT2D eigenvalue weighted by atomic mass is 16.5. The van der Waals surface area contributed by atoms with Gasteiger partial charge < -0.3 is 18.9 Å². The maximum absolute atomic E-state index is 13.4. The second-order valence-electron chi connectivity index (χ2n) is 7.78. The van der Waals surface area contributed by atoms with Gasteiger partial charge in [-0.15, -0.1) is 0 Å². The summed E-state index contributed by atoms with van der Waals surface area (Å²) in [4.78, 5) is 28.2. The molecule has 6 nitrogen and oxygen atoms in total. The van der Waals surface area contributed by atoms with Crippen molar-refractivity contribution < 1.29 is 14.3 Å². The number of rotatable bonds is 8. The number of carbonyl (C=O) groups is 1. The molecule has 0 bridgehead atoms. The number of aromatic nitrogens is 1. The lowest BCUT2D eigenvalue weighted by Crippen LogP contribution is -2.33. The van der Waals surface area contributed by atoms with Gasteiger partial charge in [-0.05, 0) is 55.8 Å². The average Bonchev–Trinajstić information content (AvgIpc) is 2.85. The number of para-hydroxylation sites is 2. The van der Waals surface area contributed by atoms with E-state index >= 15 is 0 Å². The summed E-state index contributed by atoms with van der Waals surface area (Å²) in [5.74, 6) is 1.31. The summed E-state index contributed by atoms with van der Waals surface area (Å²) in [6.07, 6.45) is 0. The highest BCUT2D eigenvalue weighted by Crippen LogP contribution is 2.28. The Bertz CT molecular complexity index is 1300. The van der Waals surface area contributed by atoms with Crippen LogP contribution in [0.15, 0.2) is 71.5 Å². The fraction of sp³-hybridized carbons (Fsp3) is 0.259. The molecule has 0 unspecified atom stereocenters. The lowest BCUT2D eigenvalue weighted by Gasteiger charge is -2.23. The van der Waals surface area contributed by atoms with Crippen molar-refractivity contribution in [3.63, 3.8) is 0 Å². The molecule has 1 aromatic heterocycles. The van der Waals surface area contributed by atoms with Crippen LogP contribution >= 0.6 is 0 Å². The molecule has 3 aromatic carbocycles. The van der Waals surface area contributed by atoms with Gasteiger partial charge >= 0.3 is 0 Å². The standard InChI is InChI=1S/C27H28N2O4/c1-4-28(17-19-14-15-24(33-5-2)25(16-19)32-3)26(30)18-29-22-12-8-6-10-20(22)27(31)21-11-7-9-13-23(21)29/h6-16H,4-5,17-18H2,1-3H3. The van der Waals surface area contributed by atoms with E-state index in [1.54, 1.807) is 12.0 Å². The van der Waals surface area contributed by atoms with Crippen LogP contribution < -0.4 is 14.9 Å². The van der Waals surface area contributed by atoms with Crippen molar-refractivity contribution in [3.8, 4) is 11.5 Å². The van der Waals surface area contributed by atoms with E-state index in [2.05, 4.69) is 0 Å². The normalized spacial score (nSPS) is 11.0. The van der Waals surface area contributed by atoms with Crippen molar-refractivity contribution in [3.05, 3.63) is 82.5 Å². The lowest BCUT2D eigenvalue weighted by atomic mass is 10.1. The van der Waals surface area contributed by atoms with Crippen LogP contribution in [0, 0.1) is 0 Å². The second kappa shape index (κ2) is 9.77. The van der Waals surface area contributed by atoms with Crippen molar-refractivity contribution in [1.82, 2.24) is 9.47 Å². The first-order chi connectivity index (χ1) is 16.1. The summed E-state index contributed by atoms with van der Waals surface area (Å²) in [7, 11) is 1.61. The van der Waals surface area contributed by atoms with Crippen molar-refractivity contribution in [2.75, 3.05) is 20.3 Å². The van der Waals surface area contributed by atoms with Gasteiger partial charge in [0.25, 0.3) is 0 Å². The third-order valence-corrected chi connectivity index (χ3v) is 5.81. The monoisotopic (exact) mass is 444 g/mol. The van der Waals surface area contributed by atoms with Crippen LogP contribution in [0.5, 0.6) is 11.5 Å². The number of hydrogen-bond acceptors (Lipinski definition) is 4. The molecule has 0 aliphatic carbocycles. The summed E-state index contributed by atoms with van der Waals surface area (Å²) in [6, 6.07) is 20.6. The first kappa shape index (κ1) is 22.4. The Balaban J connectivity index is 1.67. The zero-order valence-electron chi connectivity index (χ0n) is 19.2. The molecule has 4 aromatic rings. The predicted molar refractivity (Wildman–Crippen MR) is 131 cm³/mol. The van der Waals surface area contributed by atoms with Gasteiger partial charge in [0, 0.05) is 23.9 Å². The number of pyridine rings is 1. The first-order valence-electron chi connectivity index (χ1n) is 11.1. The Hall–Kier alpha value is -3.80. The summed E-state index contributed by atoms with van der Waals surface area (Å²) in [5.41, 5.74) is 2.46. The number of hydrogen-bond donors (Lipinski definition) is 0. The van der Waals surface area contributed by atoms with Crippen LogP contribution in [0.1, 0.15) is 19.4 Å². The minimum Gasteiger partial charge on any atom is -0.493 e. The zero-order valence-corrected chi connectivity index (χ0v) is 19.2. The molecule has 1 heterocycles. The Morgan fingerprint density at radius 2 is 1.55 bits per heavy atom. The van der Waals surface area contributed by atoms with Crippen molar-refractivity contribution in [1.29, 1.82) is 0 Å². The largest absolute Gasteiger partial charge is 0.493 e. The number of amides is 1. The number of benzene rings is 3. The van der Waals surface area contributed by atoms with Crippen molar-refractivity contribution in [2.45, 2.75) is 26.9 Å². The summed E-state index contributed by atoms with van der Waals surface area (Å²) in [5, 5.41) is 1.23. The number of likely N-dealkylation sites (N-methyl/N-ethyl adjacent to an activating group) is 1. The Labute approximate surface area is 193 Å². The molecule has 0 aliphatic rings. The fourth-order valence-electron chi connectivity index (χ4n) is 4.16. The fourth-order valence-corrected chi connectivity index (χ4v) is 4.16. The van der Waals surface area contributed by atoms with Gasteiger partial charge in [0.05, 0.1) is 24.8 Å². The molecule has 4 rings (SSSR count). The molecular formula is C27H28N2O4. The SMILES string of the molecule is CCOc1ccc(CN(CC)C(=O)Cn2c3ccccc3c(=O)c3ccccc32)cc1OC. The van der Waals surface area contributed by atoms with Gasteiger partial charge in [-0.2, -0.15) is 0 Å². The van der Waals surface area contributed by atoms with Gasteiger partial charge in [0.15, 0.2) is 16.9 Å². The van der Waals surface area contributed by atoms with E-state index in [0.717, 1.165) is 16.6 Å². The number of nitrogens with zero attached hydrogens (tertiary/aromatic N) is 2. The van der Waals surface area contributed by atoms with Crippen LogP contribution in [-0.2, 0) is 17.9 Å². The number of ether oxygens (including phenoxy) is 2. The minimum absolute atomic E-state index is 0.0151. The molecule has 0 radical (unpaired) electrons. The molecule has 6 heteroatoms. The Kier molecular flexibility index (Phi) is 6.63. The van der Waals surface area contributed by atoms with Crippen LogP contribution in [-0.4, -0.2) is 35.6 Å². The van der Waals surface area contributed by atoms with Crippen molar-refractivity contribution in [2.24, 2.45) is 0 Å². The summed E-state index contributed by atoms with van der Waals surface area (Å²) < 4.78 is 13.0. The smallest absolute Gasteiger partial charge is 0.242 e. The van der Waals surface area contributed by atoms with Crippen LogP contribution in [0.4, 0.5) is 0 Å². The topological polar surface area (TPSA) is 60.8 Å². The molecule has 33 heavy (non-hydrogen) atoms. The number of carbonyl (C=O) groups excluding carboxylic acids is 1. The molecule has 0 spiro atoms. The second-order valence-corrected chi connectivity index (χ2v) is 7.78. The molecule has 0 saturated heterocycles. The maximum Gasteiger partial charge on any atom is 0.242 e. The third kappa shape index (κ3) is 4.42. The molecule has 170 valence electrons. The lowest BCUT2D eigenvalue weighted by molar-refractivity contribution is -0.132. The summed E-state index contributed by atoms with van der Waals surface area (Å²) in [6.45, 7) is 5.60. The molecule has 1 amide bonds. The molecule has 0 atom stereocenters. The van der Waals surface area contributed by atoms with Crippen LogP contribution in [0.25, 0.3) is 21.8 Å². The highest BCUT2D eigenvalue weighted by molar-refractivity contribution is 5.94. The number of fused-ring (bicyclic) bond motifs is 2. The average molecular weight is 445 g/mol. The summed E-state index contributed by atoms with van der Waals surface area (Å²) >= 11 is 0. The maximum atomic E-state index is 13.4. The number of methoxy groups -OCH3 is 1. The van der Waals surface area contributed by atoms with Gasteiger partial charge in [-0.25, -0.2) is 0 Å². The minimum atomic E-state index is -0.0238. The van der Waals surface area contributed by atoms with Crippen LogP contribution in [0.3, 0.4) is 0 Å². The Morgan fingerprint density at radius 3 is 2.12 bits per heavy atom. The van der Waals surface area contributed by atoms with Gasteiger partial charge in [-0.3, -0.25) is 9.59 Å². The van der Waals surface area contributed by atoms with E-state index in [1.807, 2.05) is 85.1 Å².